The summed E-state index contributed by atoms with van der Waals surface area (Å²) in [6, 6.07) is 0.0972. The monoisotopic (exact) mass is 295 g/mol. The van der Waals surface area contributed by atoms with Crippen molar-refractivity contribution >= 4 is 11.8 Å². The van der Waals surface area contributed by atoms with Gasteiger partial charge in [0.05, 0.1) is 0 Å². The highest BCUT2D eigenvalue weighted by Crippen LogP contribution is 2.15. The third-order valence-electron chi connectivity index (χ3n) is 3.61. The van der Waals surface area contributed by atoms with E-state index in [0.29, 0.717) is 24.7 Å². The van der Waals surface area contributed by atoms with E-state index in [9.17, 15) is 9.59 Å². The number of carbonyl (C=O) groups is 1. The van der Waals surface area contributed by atoms with Gasteiger partial charge in [-0.15, -0.1) is 0 Å². The predicted octanol–water partition coefficient (Wildman–Crippen LogP) is 2.52. The van der Waals surface area contributed by atoms with Crippen LogP contribution in [0.1, 0.15) is 52.5 Å². The zero-order valence-corrected chi connectivity index (χ0v) is 13.0. The number of hydrogen-bond donors (Lipinski definition) is 2. The maximum atomic E-state index is 12.1. The van der Waals surface area contributed by atoms with Crippen LogP contribution in [0, 0.1) is 5.92 Å². The van der Waals surface area contributed by atoms with E-state index in [4.69, 9.17) is 5.11 Å². The van der Waals surface area contributed by atoms with E-state index in [-0.39, 0.29) is 18.0 Å². The van der Waals surface area contributed by atoms with Crippen LogP contribution in [-0.4, -0.2) is 27.2 Å². The van der Waals surface area contributed by atoms with Crippen molar-refractivity contribution in [1.82, 2.24) is 9.55 Å². The largest absolute Gasteiger partial charge is 0.481 e. The van der Waals surface area contributed by atoms with Gasteiger partial charge in [0.15, 0.2) is 5.82 Å². The SMILES string of the molecule is CCC(CCNc1nccn(C(C)C)c1=O)CCC(=O)O. The summed E-state index contributed by atoms with van der Waals surface area (Å²) < 4.78 is 1.64. The summed E-state index contributed by atoms with van der Waals surface area (Å²) in [7, 11) is 0. The lowest BCUT2D eigenvalue weighted by Gasteiger charge is -2.15. The summed E-state index contributed by atoms with van der Waals surface area (Å²) in [5, 5.41) is 11.8. The van der Waals surface area contributed by atoms with Gasteiger partial charge in [-0.05, 0) is 32.6 Å². The molecule has 1 atom stereocenters. The average Bonchev–Trinajstić information content (AvgIpc) is 2.43. The fourth-order valence-electron chi connectivity index (χ4n) is 2.23. The number of carboxylic acid groups (broad SMARTS) is 1. The van der Waals surface area contributed by atoms with Crippen molar-refractivity contribution in [3.8, 4) is 0 Å². The van der Waals surface area contributed by atoms with Crippen LogP contribution in [0.4, 0.5) is 5.82 Å². The zero-order chi connectivity index (χ0) is 15.8. The highest BCUT2D eigenvalue weighted by atomic mass is 16.4. The molecule has 0 saturated carbocycles. The molecule has 0 radical (unpaired) electrons. The Morgan fingerprint density at radius 3 is 2.71 bits per heavy atom. The number of aliphatic carboxylic acids is 1. The fourth-order valence-corrected chi connectivity index (χ4v) is 2.23. The predicted molar refractivity (Wildman–Crippen MR) is 82.6 cm³/mol. The van der Waals surface area contributed by atoms with E-state index in [2.05, 4.69) is 17.2 Å². The van der Waals surface area contributed by atoms with Crippen molar-refractivity contribution in [2.24, 2.45) is 5.92 Å². The van der Waals surface area contributed by atoms with Gasteiger partial charge in [0.1, 0.15) is 0 Å². The summed E-state index contributed by atoms with van der Waals surface area (Å²) in [5.74, 6) is -0.0464. The molecule has 118 valence electrons. The number of nitrogens with zero attached hydrogens (tertiary/aromatic N) is 2. The number of anilines is 1. The first-order valence-electron chi connectivity index (χ1n) is 7.48. The highest BCUT2D eigenvalue weighted by Gasteiger charge is 2.10. The smallest absolute Gasteiger partial charge is 0.303 e. The van der Waals surface area contributed by atoms with E-state index < -0.39 is 5.97 Å². The first-order chi connectivity index (χ1) is 9.95. The molecule has 0 fully saturated rings. The molecule has 0 aromatic carbocycles. The lowest BCUT2D eigenvalue weighted by Crippen LogP contribution is -2.26. The van der Waals surface area contributed by atoms with Gasteiger partial charge in [-0.1, -0.05) is 13.3 Å². The van der Waals surface area contributed by atoms with Gasteiger partial charge in [0.25, 0.3) is 5.56 Å². The lowest BCUT2D eigenvalue weighted by molar-refractivity contribution is -0.137. The second-order valence-electron chi connectivity index (χ2n) is 5.50. The van der Waals surface area contributed by atoms with E-state index in [0.717, 1.165) is 12.8 Å². The van der Waals surface area contributed by atoms with E-state index in [1.807, 2.05) is 13.8 Å². The third kappa shape index (κ3) is 5.57. The Hall–Kier alpha value is -1.85. The second kappa shape index (κ2) is 8.44. The van der Waals surface area contributed by atoms with Crippen LogP contribution < -0.4 is 10.9 Å². The molecule has 0 spiro atoms. The average molecular weight is 295 g/mol. The second-order valence-corrected chi connectivity index (χ2v) is 5.50. The summed E-state index contributed by atoms with van der Waals surface area (Å²) in [6.07, 6.45) is 5.94. The van der Waals surface area contributed by atoms with Crippen LogP contribution in [0.25, 0.3) is 0 Å². The van der Waals surface area contributed by atoms with Gasteiger partial charge in [-0.2, -0.15) is 0 Å². The number of hydrogen-bond acceptors (Lipinski definition) is 4. The summed E-state index contributed by atoms with van der Waals surface area (Å²) in [4.78, 5) is 26.8. The van der Waals surface area contributed by atoms with Crippen molar-refractivity contribution in [2.75, 3.05) is 11.9 Å². The molecule has 1 heterocycles. The van der Waals surface area contributed by atoms with Gasteiger partial charge in [0, 0.05) is 31.4 Å². The van der Waals surface area contributed by atoms with Crippen LogP contribution in [0.2, 0.25) is 0 Å². The normalized spacial score (nSPS) is 12.4. The molecule has 1 rings (SSSR count). The minimum atomic E-state index is -0.758. The van der Waals surface area contributed by atoms with Crippen LogP contribution >= 0.6 is 0 Å². The molecule has 1 aromatic rings. The maximum Gasteiger partial charge on any atom is 0.303 e. The van der Waals surface area contributed by atoms with Crippen LogP contribution in [0.3, 0.4) is 0 Å². The van der Waals surface area contributed by atoms with Crippen molar-refractivity contribution in [3.63, 3.8) is 0 Å². The Kier molecular flexibility index (Phi) is 6.91. The molecule has 2 N–H and O–H groups in total. The fraction of sp³-hybridized carbons (Fsp3) is 0.667. The van der Waals surface area contributed by atoms with Crippen molar-refractivity contribution in [2.45, 2.75) is 52.5 Å². The number of carboxylic acids is 1. The Bertz CT molecular complexity index is 511. The quantitative estimate of drug-likeness (QED) is 0.731. The lowest BCUT2D eigenvalue weighted by atomic mass is 9.97. The van der Waals surface area contributed by atoms with Crippen molar-refractivity contribution < 1.29 is 9.90 Å². The number of nitrogens with one attached hydrogen (secondary N) is 1. The molecule has 0 saturated heterocycles. The van der Waals surface area contributed by atoms with Crippen molar-refractivity contribution in [3.05, 3.63) is 22.7 Å². The topological polar surface area (TPSA) is 84.2 Å². The summed E-state index contributed by atoms with van der Waals surface area (Å²) >= 11 is 0. The van der Waals surface area contributed by atoms with Gasteiger partial charge in [-0.25, -0.2) is 4.98 Å². The molecule has 1 aromatic heterocycles. The van der Waals surface area contributed by atoms with Crippen LogP contribution in [0.15, 0.2) is 17.2 Å². The number of aromatic nitrogens is 2. The molecular formula is C15H25N3O3. The minimum absolute atomic E-state index is 0.0972. The Labute approximate surface area is 125 Å². The van der Waals surface area contributed by atoms with Gasteiger partial charge in [0.2, 0.25) is 0 Å². The molecule has 0 bridgehead atoms. The molecule has 6 nitrogen and oxygen atoms in total. The minimum Gasteiger partial charge on any atom is -0.481 e. The zero-order valence-electron chi connectivity index (χ0n) is 13.0. The van der Waals surface area contributed by atoms with E-state index in [1.54, 1.807) is 17.0 Å². The highest BCUT2D eigenvalue weighted by molar-refractivity contribution is 5.66. The Morgan fingerprint density at radius 1 is 1.43 bits per heavy atom. The molecular weight excluding hydrogens is 270 g/mol. The van der Waals surface area contributed by atoms with Gasteiger partial charge < -0.3 is 15.0 Å². The Morgan fingerprint density at radius 2 is 2.14 bits per heavy atom. The molecule has 0 aliphatic rings. The van der Waals surface area contributed by atoms with E-state index >= 15 is 0 Å². The molecule has 0 aliphatic heterocycles. The first kappa shape index (κ1) is 17.2. The molecule has 0 amide bonds. The van der Waals surface area contributed by atoms with Crippen LogP contribution in [-0.2, 0) is 4.79 Å². The molecule has 1 unspecified atom stereocenters. The standard InChI is InChI=1S/C15H25N3O3/c1-4-12(5-6-13(19)20)7-8-16-14-15(21)18(11(2)3)10-9-17-14/h9-12H,4-8H2,1-3H3,(H,16,17)(H,19,20). The van der Waals surface area contributed by atoms with E-state index in [1.165, 1.54) is 0 Å². The van der Waals surface area contributed by atoms with Gasteiger partial charge >= 0.3 is 5.97 Å². The van der Waals surface area contributed by atoms with Gasteiger partial charge in [-0.3, -0.25) is 9.59 Å². The number of rotatable bonds is 9. The van der Waals surface area contributed by atoms with Crippen LogP contribution in [0.5, 0.6) is 0 Å². The molecule has 0 aliphatic carbocycles. The summed E-state index contributed by atoms with van der Waals surface area (Å²) in [6.45, 7) is 6.58. The molecule has 21 heavy (non-hydrogen) atoms. The summed E-state index contributed by atoms with van der Waals surface area (Å²) in [5.41, 5.74) is -0.119. The molecule has 6 heteroatoms. The third-order valence-corrected chi connectivity index (χ3v) is 3.61. The Balaban J connectivity index is 2.53. The first-order valence-corrected chi connectivity index (χ1v) is 7.48. The maximum absolute atomic E-state index is 12.1. The van der Waals surface area contributed by atoms with Crippen molar-refractivity contribution in [1.29, 1.82) is 0 Å².